The van der Waals surface area contributed by atoms with Crippen molar-refractivity contribution in [3.8, 4) is 5.75 Å². The van der Waals surface area contributed by atoms with E-state index < -0.39 is 5.97 Å². The first kappa shape index (κ1) is 18.9. The average Bonchev–Trinajstić information content (AvgIpc) is 2.62. The third-order valence-electron chi connectivity index (χ3n) is 3.66. The van der Waals surface area contributed by atoms with E-state index in [4.69, 9.17) is 4.74 Å². The third-order valence-corrected chi connectivity index (χ3v) is 4.84. The lowest BCUT2D eigenvalue weighted by Gasteiger charge is -2.13. The zero-order valence-electron chi connectivity index (χ0n) is 14.2. The fourth-order valence-corrected chi connectivity index (χ4v) is 3.27. The molecule has 0 saturated heterocycles. The van der Waals surface area contributed by atoms with Crippen LogP contribution < -0.4 is 10.1 Å². The molecule has 2 aromatic carbocycles. The number of carboxylic acid groups (broad SMARTS) is 1. The molecule has 6 heteroatoms. The molecule has 5 nitrogen and oxygen atoms in total. The van der Waals surface area contributed by atoms with Gasteiger partial charge in [-0.25, -0.2) is 4.79 Å². The number of hydrogen-bond acceptors (Lipinski definition) is 4. The van der Waals surface area contributed by atoms with E-state index in [0.29, 0.717) is 11.4 Å². The highest BCUT2D eigenvalue weighted by molar-refractivity contribution is 8.00. The summed E-state index contributed by atoms with van der Waals surface area (Å²) in [6.45, 7) is 2.29. The standard InChI is InChI=1S/C19H21NO4S/c1-13(25-17-6-4-3-5-16(17)19(22)23)18(21)20-12-11-14-7-9-15(24-2)10-8-14/h3-10,13H,11-12H2,1-2H3,(H,20,21)(H,22,23). The minimum Gasteiger partial charge on any atom is -0.497 e. The summed E-state index contributed by atoms with van der Waals surface area (Å²) in [5, 5.41) is 11.7. The van der Waals surface area contributed by atoms with E-state index >= 15 is 0 Å². The number of carbonyl (C=O) groups excluding carboxylic acids is 1. The van der Waals surface area contributed by atoms with Crippen LogP contribution in [0.3, 0.4) is 0 Å². The van der Waals surface area contributed by atoms with Gasteiger partial charge in [-0.05, 0) is 43.2 Å². The zero-order chi connectivity index (χ0) is 18.2. The number of ether oxygens (including phenoxy) is 1. The molecule has 0 heterocycles. The largest absolute Gasteiger partial charge is 0.497 e. The Kier molecular flexibility index (Phi) is 6.89. The third kappa shape index (κ3) is 5.53. The Labute approximate surface area is 151 Å². The van der Waals surface area contributed by atoms with Gasteiger partial charge in [0.05, 0.1) is 17.9 Å². The van der Waals surface area contributed by atoms with Gasteiger partial charge in [0.2, 0.25) is 5.91 Å². The van der Waals surface area contributed by atoms with E-state index in [-0.39, 0.29) is 16.7 Å². The van der Waals surface area contributed by atoms with Crippen LogP contribution >= 0.6 is 11.8 Å². The highest BCUT2D eigenvalue weighted by atomic mass is 32.2. The number of hydrogen-bond donors (Lipinski definition) is 2. The topological polar surface area (TPSA) is 75.6 Å². The van der Waals surface area contributed by atoms with E-state index in [1.807, 2.05) is 24.3 Å². The highest BCUT2D eigenvalue weighted by Gasteiger charge is 2.17. The summed E-state index contributed by atoms with van der Waals surface area (Å²) >= 11 is 1.25. The Morgan fingerprint density at radius 3 is 2.48 bits per heavy atom. The Morgan fingerprint density at radius 1 is 1.16 bits per heavy atom. The van der Waals surface area contributed by atoms with Gasteiger partial charge in [-0.15, -0.1) is 11.8 Å². The molecule has 1 amide bonds. The summed E-state index contributed by atoms with van der Waals surface area (Å²) in [7, 11) is 1.62. The van der Waals surface area contributed by atoms with E-state index in [2.05, 4.69) is 5.32 Å². The number of amides is 1. The smallest absolute Gasteiger partial charge is 0.336 e. The lowest BCUT2D eigenvalue weighted by atomic mass is 10.1. The molecule has 2 N–H and O–H groups in total. The van der Waals surface area contributed by atoms with Crippen LogP contribution in [-0.2, 0) is 11.2 Å². The van der Waals surface area contributed by atoms with Crippen molar-refractivity contribution >= 4 is 23.6 Å². The van der Waals surface area contributed by atoms with Gasteiger partial charge in [0.25, 0.3) is 0 Å². The van der Waals surface area contributed by atoms with E-state index in [1.54, 1.807) is 38.3 Å². The van der Waals surface area contributed by atoms with Crippen molar-refractivity contribution in [2.24, 2.45) is 0 Å². The maximum absolute atomic E-state index is 12.2. The molecule has 2 rings (SSSR count). The van der Waals surface area contributed by atoms with Gasteiger partial charge < -0.3 is 15.2 Å². The molecule has 25 heavy (non-hydrogen) atoms. The maximum Gasteiger partial charge on any atom is 0.336 e. The summed E-state index contributed by atoms with van der Waals surface area (Å²) in [5.41, 5.74) is 1.32. The van der Waals surface area contributed by atoms with Gasteiger partial charge >= 0.3 is 5.97 Å². The molecule has 0 aliphatic carbocycles. The second kappa shape index (κ2) is 9.13. The molecule has 0 fully saturated rings. The Bertz CT molecular complexity index is 730. The van der Waals surface area contributed by atoms with Crippen molar-refractivity contribution in [1.29, 1.82) is 0 Å². The number of thioether (sulfide) groups is 1. The summed E-state index contributed by atoms with van der Waals surface area (Å²) in [6.07, 6.45) is 0.721. The van der Waals surface area contributed by atoms with Crippen molar-refractivity contribution in [2.45, 2.75) is 23.5 Å². The van der Waals surface area contributed by atoms with Crippen LogP contribution in [-0.4, -0.2) is 35.9 Å². The number of carboxylic acids is 1. The molecule has 2 aromatic rings. The van der Waals surface area contributed by atoms with Gasteiger partial charge in [0.15, 0.2) is 0 Å². The van der Waals surface area contributed by atoms with Gasteiger partial charge in [-0.1, -0.05) is 24.3 Å². The van der Waals surface area contributed by atoms with Gasteiger partial charge in [0.1, 0.15) is 5.75 Å². The minimum atomic E-state index is -0.991. The van der Waals surface area contributed by atoms with Crippen LogP contribution in [0, 0.1) is 0 Å². The van der Waals surface area contributed by atoms with Crippen LogP contribution in [0.15, 0.2) is 53.4 Å². The van der Waals surface area contributed by atoms with Crippen LogP contribution in [0.2, 0.25) is 0 Å². The number of carbonyl (C=O) groups is 2. The van der Waals surface area contributed by atoms with Crippen LogP contribution in [0.25, 0.3) is 0 Å². The molecule has 1 atom stereocenters. The van der Waals surface area contributed by atoms with E-state index in [0.717, 1.165) is 17.7 Å². The molecule has 0 radical (unpaired) electrons. The quantitative estimate of drug-likeness (QED) is 0.708. The Hall–Kier alpha value is -2.47. The Balaban J connectivity index is 1.85. The number of benzene rings is 2. The zero-order valence-corrected chi connectivity index (χ0v) is 15.0. The summed E-state index contributed by atoms with van der Waals surface area (Å²) in [5.74, 6) is -0.302. The lowest BCUT2D eigenvalue weighted by Crippen LogP contribution is -2.32. The van der Waals surface area contributed by atoms with Crippen molar-refractivity contribution in [3.05, 3.63) is 59.7 Å². The SMILES string of the molecule is COc1ccc(CCNC(=O)C(C)Sc2ccccc2C(=O)O)cc1. The average molecular weight is 359 g/mol. The molecule has 0 bridgehead atoms. The van der Waals surface area contributed by atoms with Crippen LogP contribution in [0.1, 0.15) is 22.8 Å². The number of methoxy groups -OCH3 is 1. The van der Waals surface area contributed by atoms with Gasteiger partial charge in [-0.2, -0.15) is 0 Å². The van der Waals surface area contributed by atoms with E-state index in [9.17, 15) is 14.7 Å². The fourth-order valence-electron chi connectivity index (χ4n) is 2.26. The monoisotopic (exact) mass is 359 g/mol. The van der Waals surface area contributed by atoms with Crippen molar-refractivity contribution < 1.29 is 19.4 Å². The number of nitrogens with one attached hydrogen (secondary N) is 1. The van der Waals surface area contributed by atoms with Crippen molar-refractivity contribution in [1.82, 2.24) is 5.32 Å². The lowest BCUT2D eigenvalue weighted by molar-refractivity contribution is -0.120. The second-order valence-corrected chi connectivity index (χ2v) is 6.83. The molecule has 0 aliphatic heterocycles. The molecule has 0 spiro atoms. The molecule has 0 aliphatic rings. The van der Waals surface area contributed by atoms with Gasteiger partial charge in [0, 0.05) is 11.4 Å². The summed E-state index contributed by atoms with van der Waals surface area (Å²) in [6, 6.07) is 14.4. The first-order chi connectivity index (χ1) is 12.0. The van der Waals surface area contributed by atoms with Crippen LogP contribution in [0.5, 0.6) is 5.75 Å². The molecular formula is C19H21NO4S. The highest BCUT2D eigenvalue weighted by Crippen LogP contribution is 2.27. The first-order valence-electron chi connectivity index (χ1n) is 7.91. The summed E-state index contributed by atoms with van der Waals surface area (Å²) < 4.78 is 5.11. The predicted octanol–water partition coefficient (Wildman–Crippen LogP) is 3.23. The van der Waals surface area contributed by atoms with Crippen molar-refractivity contribution in [2.75, 3.05) is 13.7 Å². The molecule has 1 unspecified atom stereocenters. The number of aromatic carboxylic acids is 1. The predicted molar refractivity (Wildman–Crippen MR) is 98.4 cm³/mol. The minimum absolute atomic E-state index is 0.112. The fraction of sp³-hybridized carbons (Fsp3) is 0.263. The molecule has 0 saturated carbocycles. The van der Waals surface area contributed by atoms with E-state index in [1.165, 1.54) is 11.8 Å². The second-order valence-electron chi connectivity index (χ2n) is 5.45. The van der Waals surface area contributed by atoms with Crippen molar-refractivity contribution in [3.63, 3.8) is 0 Å². The Morgan fingerprint density at radius 2 is 1.84 bits per heavy atom. The number of rotatable bonds is 8. The molecular weight excluding hydrogens is 338 g/mol. The molecule has 0 aromatic heterocycles. The normalized spacial score (nSPS) is 11.6. The maximum atomic E-state index is 12.2. The first-order valence-corrected chi connectivity index (χ1v) is 8.79. The van der Waals surface area contributed by atoms with Gasteiger partial charge in [-0.3, -0.25) is 4.79 Å². The summed E-state index contributed by atoms with van der Waals surface area (Å²) in [4.78, 5) is 24.0. The molecule has 132 valence electrons. The van der Waals surface area contributed by atoms with Crippen LogP contribution in [0.4, 0.5) is 0 Å².